The Labute approximate surface area is 177 Å². The Hall–Kier alpha value is -2.19. The second-order valence-corrected chi connectivity index (χ2v) is 6.07. The van der Waals surface area contributed by atoms with Crippen LogP contribution in [0, 0.1) is 0 Å². The number of benzene rings is 2. The van der Waals surface area contributed by atoms with Gasteiger partial charge in [-0.15, -0.1) is 0 Å². The number of halogens is 2. The van der Waals surface area contributed by atoms with Crippen molar-refractivity contribution in [3.05, 3.63) is 35.9 Å². The Morgan fingerprint density at radius 3 is 1.96 bits per heavy atom. The maximum Gasteiger partial charge on any atom is 0.342 e. The fourth-order valence-electron chi connectivity index (χ4n) is 2.53. The first kappa shape index (κ1) is 25.8. The highest BCUT2D eigenvalue weighted by Crippen LogP contribution is 2.42. The summed E-state index contributed by atoms with van der Waals surface area (Å²) in [4.78, 5) is 13.1. The zero-order chi connectivity index (χ0) is 19.3. The Balaban J connectivity index is 0.00000364. The smallest absolute Gasteiger partial charge is 0.342 e. The zero-order valence-corrected chi connectivity index (χ0v) is 18.1. The van der Waals surface area contributed by atoms with E-state index in [1.165, 1.54) is 0 Å². The first-order valence-electron chi connectivity index (χ1n) is 8.13. The number of hydrogen-bond donors (Lipinski definition) is 2. The molecule has 0 spiro atoms. The minimum absolute atomic E-state index is 0. The van der Waals surface area contributed by atoms with Crippen LogP contribution in [-0.4, -0.2) is 48.1 Å². The van der Waals surface area contributed by atoms with Crippen LogP contribution in [0.1, 0.15) is 10.4 Å². The van der Waals surface area contributed by atoms with Crippen LogP contribution in [0.15, 0.2) is 30.3 Å². The average molecular weight is 433 g/mol. The molecule has 0 radical (unpaired) electrons. The molecular weight excluding hydrogens is 407 g/mol. The number of ether oxygens (including phenoxy) is 4. The summed E-state index contributed by atoms with van der Waals surface area (Å²) in [5.74, 6) is 1.26. The molecule has 0 aliphatic rings. The van der Waals surface area contributed by atoms with Gasteiger partial charge < -0.3 is 54.4 Å². The van der Waals surface area contributed by atoms with E-state index in [2.05, 4.69) is 5.73 Å². The lowest BCUT2D eigenvalue weighted by Gasteiger charge is -2.14. The molecule has 4 N–H and O–H groups in total. The fraction of sp³-hybridized carbons (Fsp3) is 0.316. The lowest BCUT2D eigenvalue weighted by atomic mass is 10.0. The van der Waals surface area contributed by atoms with Crippen LogP contribution in [0.3, 0.4) is 0 Å². The van der Waals surface area contributed by atoms with Gasteiger partial charge in [0.05, 0.1) is 41.0 Å². The molecule has 7 nitrogen and oxygen atoms in total. The van der Waals surface area contributed by atoms with Crippen molar-refractivity contribution in [2.75, 3.05) is 42.2 Å². The number of quaternary nitrogens is 2. The SMILES string of the molecule is COc1cc(-c2ccc(C(=O)OC[NH+](C)C)cc2[NH3+])cc(OC)c1OC.[Cl-].[Cl-]. The van der Waals surface area contributed by atoms with Gasteiger partial charge in [-0.25, -0.2) is 4.79 Å². The monoisotopic (exact) mass is 432 g/mol. The van der Waals surface area contributed by atoms with E-state index < -0.39 is 0 Å². The molecule has 0 heterocycles. The zero-order valence-electron chi connectivity index (χ0n) is 16.6. The predicted octanol–water partition coefficient (Wildman–Crippen LogP) is -5.48. The van der Waals surface area contributed by atoms with Gasteiger partial charge in [0.25, 0.3) is 0 Å². The first-order valence-corrected chi connectivity index (χ1v) is 8.13. The van der Waals surface area contributed by atoms with E-state index in [0.29, 0.717) is 35.2 Å². The summed E-state index contributed by atoms with van der Waals surface area (Å²) in [6, 6.07) is 8.96. The molecule has 0 aromatic heterocycles. The van der Waals surface area contributed by atoms with Crippen molar-refractivity contribution in [1.29, 1.82) is 0 Å². The Bertz CT molecular complexity index is 775. The number of carbonyl (C=O) groups excluding carboxylic acids is 1. The van der Waals surface area contributed by atoms with Gasteiger partial charge in [-0.1, -0.05) is 0 Å². The molecule has 28 heavy (non-hydrogen) atoms. The molecule has 0 aliphatic carbocycles. The van der Waals surface area contributed by atoms with E-state index in [1.807, 2.05) is 32.3 Å². The summed E-state index contributed by atoms with van der Waals surface area (Å²) in [6.07, 6.45) is 0. The summed E-state index contributed by atoms with van der Waals surface area (Å²) >= 11 is 0. The van der Waals surface area contributed by atoms with Gasteiger partial charge in [-0.3, -0.25) is 0 Å². The van der Waals surface area contributed by atoms with Crippen molar-refractivity contribution in [3.63, 3.8) is 0 Å². The van der Waals surface area contributed by atoms with E-state index in [0.717, 1.165) is 16.0 Å². The van der Waals surface area contributed by atoms with Crippen LogP contribution in [0.5, 0.6) is 17.2 Å². The number of esters is 1. The van der Waals surface area contributed by atoms with Gasteiger partial charge >= 0.3 is 5.97 Å². The number of hydrogen-bond acceptors (Lipinski definition) is 5. The highest BCUT2D eigenvalue weighted by molar-refractivity contribution is 5.92. The van der Waals surface area contributed by atoms with Crippen molar-refractivity contribution in [2.24, 2.45) is 0 Å². The summed E-state index contributed by atoms with van der Waals surface area (Å²) < 4.78 is 21.4. The van der Waals surface area contributed by atoms with Gasteiger partial charge in [-0.05, 0) is 29.8 Å². The van der Waals surface area contributed by atoms with Crippen molar-refractivity contribution < 1.29 is 59.2 Å². The Morgan fingerprint density at radius 2 is 1.54 bits per heavy atom. The second-order valence-electron chi connectivity index (χ2n) is 6.07. The lowest BCUT2D eigenvalue weighted by Crippen LogP contribution is -3.06. The minimum atomic E-state index is -0.368. The molecule has 9 heteroatoms. The summed E-state index contributed by atoms with van der Waals surface area (Å²) in [5.41, 5.74) is 6.94. The number of rotatable bonds is 7. The van der Waals surface area contributed by atoms with Gasteiger partial charge in [0.1, 0.15) is 5.69 Å². The number of carbonyl (C=O) groups is 1. The van der Waals surface area contributed by atoms with Crippen LogP contribution in [0.2, 0.25) is 0 Å². The molecule has 156 valence electrons. The molecule has 2 rings (SSSR count). The first-order chi connectivity index (χ1) is 12.4. The van der Waals surface area contributed by atoms with E-state index in [4.69, 9.17) is 18.9 Å². The van der Waals surface area contributed by atoms with Crippen LogP contribution < -0.4 is 49.7 Å². The van der Waals surface area contributed by atoms with Crippen molar-refractivity contribution in [3.8, 4) is 28.4 Å². The van der Waals surface area contributed by atoms with E-state index >= 15 is 0 Å². The summed E-state index contributed by atoms with van der Waals surface area (Å²) in [6.45, 7) is 0.305. The number of methoxy groups -OCH3 is 3. The molecule has 0 bridgehead atoms. The topological polar surface area (TPSA) is 86.1 Å². The van der Waals surface area contributed by atoms with Gasteiger partial charge in [-0.2, -0.15) is 0 Å². The third kappa shape index (κ3) is 5.90. The maximum absolute atomic E-state index is 12.1. The normalized spacial score (nSPS) is 9.82. The molecular formula is C19H26Cl2N2O5. The largest absolute Gasteiger partial charge is 1.00 e. The van der Waals surface area contributed by atoms with Gasteiger partial charge in [0.15, 0.2) is 11.5 Å². The number of nitrogens with one attached hydrogen (secondary N) is 1. The molecule has 2 aromatic carbocycles. The molecule has 2 aromatic rings. The second kappa shape index (κ2) is 11.6. The predicted molar refractivity (Wildman–Crippen MR) is 97.2 cm³/mol. The van der Waals surface area contributed by atoms with E-state index in [9.17, 15) is 4.79 Å². The summed E-state index contributed by atoms with van der Waals surface area (Å²) in [5, 5.41) is 0. The van der Waals surface area contributed by atoms with Crippen molar-refractivity contribution >= 4 is 11.7 Å². The molecule has 0 amide bonds. The molecule has 0 unspecified atom stereocenters. The van der Waals surface area contributed by atoms with Crippen LogP contribution in [0.25, 0.3) is 11.1 Å². The fourth-order valence-corrected chi connectivity index (χ4v) is 2.53. The van der Waals surface area contributed by atoms with Crippen LogP contribution in [-0.2, 0) is 4.74 Å². The Kier molecular flexibility index (Phi) is 10.7. The molecule has 0 aliphatic heterocycles. The Morgan fingerprint density at radius 1 is 0.964 bits per heavy atom. The van der Waals surface area contributed by atoms with Crippen LogP contribution in [0.4, 0.5) is 5.69 Å². The molecule has 0 atom stereocenters. The average Bonchev–Trinajstić information content (AvgIpc) is 2.64. The van der Waals surface area contributed by atoms with Crippen molar-refractivity contribution in [2.45, 2.75) is 0 Å². The lowest BCUT2D eigenvalue weighted by molar-refractivity contribution is -0.877. The van der Waals surface area contributed by atoms with E-state index in [1.54, 1.807) is 33.5 Å². The third-order valence-electron chi connectivity index (χ3n) is 3.81. The van der Waals surface area contributed by atoms with Gasteiger partial charge in [0.2, 0.25) is 12.5 Å². The van der Waals surface area contributed by atoms with Crippen molar-refractivity contribution in [1.82, 2.24) is 0 Å². The third-order valence-corrected chi connectivity index (χ3v) is 3.81. The summed E-state index contributed by atoms with van der Waals surface area (Å²) in [7, 11) is 8.51. The highest BCUT2D eigenvalue weighted by atomic mass is 35.5. The standard InChI is InChI=1S/C19H24N2O5.2ClH/c1-21(2)11-26-19(22)12-6-7-14(15(20)8-12)13-9-16(23-3)18(25-5)17(10-13)24-4;;/h6-10H,11,20H2,1-5H3;2*1H. The maximum atomic E-state index is 12.1. The molecule has 0 saturated heterocycles. The quantitative estimate of drug-likeness (QED) is 0.336. The molecule has 0 fully saturated rings. The van der Waals surface area contributed by atoms with Crippen LogP contribution >= 0.6 is 0 Å². The molecule has 0 saturated carbocycles. The van der Waals surface area contributed by atoms with Gasteiger partial charge in [0, 0.05) is 11.6 Å². The minimum Gasteiger partial charge on any atom is -1.00 e. The van der Waals surface area contributed by atoms with E-state index in [-0.39, 0.29) is 30.8 Å². The highest BCUT2D eigenvalue weighted by Gasteiger charge is 2.18.